The number of hydrogen-bond donors (Lipinski definition) is 2. The summed E-state index contributed by atoms with van der Waals surface area (Å²) in [6.45, 7) is 4.41. The van der Waals surface area contributed by atoms with Gasteiger partial charge in [0.1, 0.15) is 11.6 Å². The van der Waals surface area contributed by atoms with Crippen LogP contribution in [0, 0.1) is 19.7 Å². The van der Waals surface area contributed by atoms with E-state index in [4.69, 9.17) is 10.5 Å². The monoisotopic (exact) mass is 278 g/mol. The molecule has 0 aliphatic heterocycles. The highest BCUT2D eigenvalue weighted by atomic mass is 19.1. The smallest absolute Gasteiger partial charge is 0.148 e. The van der Waals surface area contributed by atoms with Crippen LogP contribution in [0.5, 0.6) is 5.75 Å². The summed E-state index contributed by atoms with van der Waals surface area (Å²) in [6.07, 6.45) is 0. The molecule has 0 bridgehead atoms. The SMILES string of the molecule is COc1cc(NCc2c(C)nn(C)c2C)c(F)cc1N. The van der Waals surface area contributed by atoms with Crippen LogP contribution in [0.3, 0.4) is 0 Å². The Morgan fingerprint density at radius 1 is 1.40 bits per heavy atom. The Kier molecular flexibility index (Phi) is 3.83. The Morgan fingerprint density at radius 3 is 2.65 bits per heavy atom. The number of ether oxygens (including phenoxy) is 1. The van der Waals surface area contributed by atoms with Crippen molar-refractivity contribution in [1.82, 2.24) is 9.78 Å². The molecule has 5 nitrogen and oxygen atoms in total. The predicted octanol–water partition coefficient (Wildman–Crippen LogP) is 2.38. The minimum atomic E-state index is -0.400. The molecule has 0 saturated carbocycles. The van der Waals surface area contributed by atoms with Crippen molar-refractivity contribution in [2.75, 3.05) is 18.2 Å². The largest absolute Gasteiger partial charge is 0.495 e. The van der Waals surface area contributed by atoms with Gasteiger partial charge in [-0.25, -0.2) is 4.39 Å². The van der Waals surface area contributed by atoms with Gasteiger partial charge in [0.05, 0.1) is 24.2 Å². The number of anilines is 2. The third kappa shape index (κ3) is 2.54. The molecule has 0 amide bonds. The quantitative estimate of drug-likeness (QED) is 0.843. The molecule has 1 heterocycles. The minimum Gasteiger partial charge on any atom is -0.495 e. The molecule has 3 N–H and O–H groups in total. The maximum absolute atomic E-state index is 13.9. The molecular formula is C14H19FN4O. The Bertz CT molecular complexity index is 637. The van der Waals surface area contributed by atoms with Crippen LogP contribution < -0.4 is 15.8 Å². The average molecular weight is 278 g/mol. The molecular weight excluding hydrogens is 259 g/mol. The number of nitrogen functional groups attached to an aromatic ring is 1. The summed E-state index contributed by atoms with van der Waals surface area (Å²) in [5.41, 5.74) is 9.34. The van der Waals surface area contributed by atoms with Gasteiger partial charge in [-0.15, -0.1) is 0 Å². The third-order valence-corrected chi connectivity index (χ3v) is 3.43. The van der Waals surface area contributed by atoms with Crippen molar-refractivity contribution in [2.24, 2.45) is 7.05 Å². The van der Waals surface area contributed by atoms with Crippen LogP contribution in [0.25, 0.3) is 0 Å². The molecule has 108 valence electrons. The van der Waals surface area contributed by atoms with Crippen molar-refractivity contribution >= 4 is 11.4 Å². The highest BCUT2D eigenvalue weighted by Gasteiger charge is 2.12. The molecule has 0 unspecified atom stereocenters. The van der Waals surface area contributed by atoms with E-state index in [1.54, 1.807) is 6.07 Å². The number of benzene rings is 1. The van der Waals surface area contributed by atoms with Crippen LogP contribution in [0.15, 0.2) is 12.1 Å². The lowest BCUT2D eigenvalue weighted by atomic mass is 10.2. The molecule has 6 heteroatoms. The number of aromatic nitrogens is 2. The summed E-state index contributed by atoms with van der Waals surface area (Å²) in [7, 11) is 3.39. The molecule has 2 aromatic rings. The van der Waals surface area contributed by atoms with Crippen molar-refractivity contribution in [3.8, 4) is 5.75 Å². The number of hydrogen-bond acceptors (Lipinski definition) is 4. The Balaban J connectivity index is 2.23. The highest BCUT2D eigenvalue weighted by Crippen LogP contribution is 2.28. The first-order valence-electron chi connectivity index (χ1n) is 6.30. The number of nitrogens with one attached hydrogen (secondary N) is 1. The molecule has 1 aromatic carbocycles. The topological polar surface area (TPSA) is 65.1 Å². The Labute approximate surface area is 117 Å². The normalized spacial score (nSPS) is 10.7. The van der Waals surface area contributed by atoms with Crippen LogP contribution in [0.2, 0.25) is 0 Å². The summed E-state index contributed by atoms with van der Waals surface area (Å²) in [6, 6.07) is 2.82. The van der Waals surface area contributed by atoms with Crippen LogP contribution in [0.4, 0.5) is 15.8 Å². The standard InChI is InChI=1S/C14H19FN4O/c1-8-10(9(2)19(3)18-8)7-17-13-6-14(20-4)12(16)5-11(13)15/h5-6,17H,7,16H2,1-4H3. The number of aryl methyl sites for hydroxylation is 2. The van der Waals surface area contributed by atoms with E-state index in [1.807, 2.05) is 25.6 Å². The fraction of sp³-hybridized carbons (Fsp3) is 0.357. The first-order valence-corrected chi connectivity index (χ1v) is 6.30. The zero-order valence-electron chi connectivity index (χ0n) is 12.1. The van der Waals surface area contributed by atoms with Gasteiger partial charge in [-0.1, -0.05) is 0 Å². The van der Waals surface area contributed by atoms with E-state index in [9.17, 15) is 4.39 Å². The summed E-state index contributed by atoms with van der Waals surface area (Å²) in [4.78, 5) is 0. The van der Waals surface area contributed by atoms with Crippen molar-refractivity contribution in [3.05, 3.63) is 34.9 Å². The van der Waals surface area contributed by atoms with Crippen LogP contribution in [0.1, 0.15) is 17.0 Å². The molecule has 0 fully saturated rings. The summed E-state index contributed by atoms with van der Waals surface area (Å²) in [5, 5.41) is 7.39. The lowest BCUT2D eigenvalue weighted by molar-refractivity contribution is 0.416. The lowest BCUT2D eigenvalue weighted by Gasteiger charge is -2.11. The molecule has 20 heavy (non-hydrogen) atoms. The minimum absolute atomic E-state index is 0.282. The average Bonchev–Trinajstić information content (AvgIpc) is 2.63. The number of halogens is 1. The second-order valence-electron chi connectivity index (χ2n) is 4.70. The molecule has 0 saturated heterocycles. The van der Waals surface area contributed by atoms with E-state index in [-0.39, 0.29) is 5.69 Å². The van der Waals surface area contributed by atoms with Gasteiger partial charge in [0.25, 0.3) is 0 Å². The first kappa shape index (κ1) is 14.2. The molecule has 0 spiro atoms. The third-order valence-electron chi connectivity index (χ3n) is 3.43. The Hall–Kier alpha value is -2.24. The van der Waals surface area contributed by atoms with Crippen molar-refractivity contribution in [3.63, 3.8) is 0 Å². The van der Waals surface area contributed by atoms with E-state index in [0.29, 0.717) is 18.0 Å². The fourth-order valence-corrected chi connectivity index (χ4v) is 2.14. The van der Waals surface area contributed by atoms with Gasteiger partial charge in [0.2, 0.25) is 0 Å². The maximum Gasteiger partial charge on any atom is 0.148 e. The van der Waals surface area contributed by atoms with Crippen molar-refractivity contribution in [1.29, 1.82) is 0 Å². The summed E-state index contributed by atoms with van der Waals surface area (Å²) in [5.74, 6) is 0.0519. The Morgan fingerprint density at radius 2 is 2.10 bits per heavy atom. The molecule has 2 rings (SSSR count). The van der Waals surface area contributed by atoms with Crippen molar-refractivity contribution in [2.45, 2.75) is 20.4 Å². The first-order chi connectivity index (χ1) is 9.43. The molecule has 0 atom stereocenters. The van der Waals surface area contributed by atoms with Gasteiger partial charge in [-0.2, -0.15) is 5.10 Å². The van der Waals surface area contributed by atoms with Crippen molar-refractivity contribution < 1.29 is 9.13 Å². The van der Waals surface area contributed by atoms with E-state index in [2.05, 4.69) is 10.4 Å². The molecule has 1 aromatic heterocycles. The number of methoxy groups -OCH3 is 1. The van der Waals surface area contributed by atoms with E-state index in [0.717, 1.165) is 17.0 Å². The van der Waals surface area contributed by atoms with Gasteiger partial charge < -0.3 is 15.8 Å². The summed E-state index contributed by atoms with van der Waals surface area (Å²) < 4.78 is 20.8. The molecule has 0 radical (unpaired) electrons. The highest BCUT2D eigenvalue weighted by molar-refractivity contribution is 5.62. The van der Waals surface area contributed by atoms with E-state index >= 15 is 0 Å². The second kappa shape index (κ2) is 5.40. The van der Waals surface area contributed by atoms with E-state index < -0.39 is 5.82 Å². The summed E-state index contributed by atoms with van der Waals surface area (Å²) >= 11 is 0. The number of rotatable bonds is 4. The van der Waals surface area contributed by atoms with E-state index in [1.165, 1.54) is 13.2 Å². The van der Waals surface area contributed by atoms with Gasteiger partial charge in [0, 0.05) is 37.0 Å². The predicted molar refractivity (Wildman–Crippen MR) is 77.4 cm³/mol. The van der Waals surface area contributed by atoms with Gasteiger partial charge in [0.15, 0.2) is 0 Å². The lowest BCUT2D eigenvalue weighted by Crippen LogP contribution is -2.05. The zero-order chi connectivity index (χ0) is 14.9. The van der Waals surface area contributed by atoms with Gasteiger partial charge in [-0.05, 0) is 13.8 Å². The number of nitrogens with two attached hydrogens (primary N) is 1. The second-order valence-corrected chi connectivity index (χ2v) is 4.70. The van der Waals surface area contributed by atoms with Gasteiger partial charge in [-0.3, -0.25) is 4.68 Å². The van der Waals surface area contributed by atoms with Crippen LogP contribution in [-0.2, 0) is 13.6 Å². The van der Waals surface area contributed by atoms with Gasteiger partial charge >= 0.3 is 0 Å². The van der Waals surface area contributed by atoms with Crippen LogP contribution in [-0.4, -0.2) is 16.9 Å². The molecule has 0 aliphatic carbocycles. The number of nitrogens with zero attached hydrogens (tertiary/aromatic N) is 2. The fourth-order valence-electron chi connectivity index (χ4n) is 2.14. The molecule has 0 aliphatic rings. The maximum atomic E-state index is 13.9. The van der Waals surface area contributed by atoms with Crippen LogP contribution >= 0.6 is 0 Å². The zero-order valence-corrected chi connectivity index (χ0v) is 12.1.